The molecule has 0 aliphatic rings. The van der Waals surface area contributed by atoms with Crippen molar-refractivity contribution < 1.29 is 19.1 Å². The average Bonchev–Trinajstić information content (AvgIpc) is 2.66. The van der Waals surface area contributed by atoms with E-state index < -0.39 is 5.97 Å². The molecule has 0 radical (unpaired) electrons. The van der Waals surface area contributed by atoms with Crippen molar-refractivity contribution in [3.63, 3.8) is 0 Å². The molecule has 144 valence electrons. The maximum atomic E-state index is 12.3. The molecule has 1 atom stereocenters. The molecule has 0 saturated heterocycles. The molecule has 1 N–H and O–H groups in total. The van der Waals surface area contributed by atoms with Gasteiger partial charge in [-0.2, -0.15) is 0 Å². The van der Waals surface area contributed by atoms with E-state index in [0.29, 0.717) is 17.2 Å². The first-order valence-corrected chi connectivity index (χ1v) is 9.06. The fraction of sp³-hybridized carbons (Fsp3) is 0.364. The van der Waals surface area contributed by atoms with Crippen molar-refractivity contribution in [2.75, 3.05) is 13.7 Å². The van der Waals surface area contributed by atoms with Crippen LogP contribution in [0.25, 0.3) is 0 Å². The van der Waals surface area contributed by atoms with Gasteiger partial charge in [-0.05, 0) is 37.0 Å². The van der Waals surface area contributed by atoms with E-state index in [-0.39, 0.29) is 18.6 Å². The molecular formula is C22H27NO4. The Hall–Kier alpha value is -2.82. The number of esters is 1. The predicted molar refractivity (Wildman–Crippen MR) is 105 cm³/mol. The van der Waals surface area contributed by atoms with Crippen LogP contribution in [-0.4, -0.2) is 25.6 Å². The molecule has 0 bridgehead atoms. The van der Waals surface area contributed by atoms with Gasteiger partial charge in [0.2, 0.25) is 0 Å². The van der Waals surface area contributed by atoms with Crippen molar-refractivity contribution in [2.45, 2.75) is 33.2 Å². The first kappa shape index (κ1) is 20.5. The Morgan fingerprint density at radius 2 is 1.78 bits per heavy atom. The molecule has 2 aromatic rings. The van der Waals surface area contributed by atoms with Crippen LogP contribution in [0.5, 0.6) is 5.75 Å². The second-order valence-corrected chi connectivity index (χ2v) is 6.94. The van der Waals surface area contributed by atoms with E-state index in [1.807, 2.05) is 43.3 Å². The first-order chi connectivity index (χ1) is 12.9. The third-order valence-corrected chi connectivity index (χ3v) is 4.15. The summed E-state index contributed by atoms with van der Waals surface area (Å²) in [4.78, 5) is 24.7. The molecule has 0 unspecified atom stereocenters. The smallest absolute Gasteiger partial charge is 0.342 e. The SMILES string of the molecule is COc1ccc(C)cc1C(=O)OCC(=O)N[C@@H](CC(C)C)c1ccccc1. The molecule has 0 fully saturated rings. The number of rotatable bonds is 8. The normalized spacial score (nSPS) is 11.7. The second kappa shape index (κ2) is 9.76. The maximum absolute atomic E-state index is 12.3. The molecule has 5 heteroatoms. The number of hydrogen-bond acceptors (Lipinski definition) is 4. The molecule has 27 heavy (non-hydrogen) atoms. The summed E-state index contributed by atoms with van der Waals surface area (Å²) in [5.41, 5.74) is 2.26. The summed E-state index contributed by atoms with van der Waals surface area (Å²) >= 11 is 0. The fourth-order valence-electron chi connectivity index (χ4n) is 2.86. The predicted octanol–water partition coefficient (Wildman–Crippen LogP) is 4.06. The van der Waals surface area contributed by atoms with Crippen LogP contribution >= 0.6 is 0 Å². The summed E-state index contributed by atoms with van der Waals surface area (Å²) in [6, 6.07) is 14.9. The van der Waals surface area contributed by atoms with Crippen LogP contribution in [0.2, 0.25) is 0 Å². The summed E-state index contributed by atoms with van der Waals surface area (Å²) in [6.45, 7) is 5.74. The van der Waals surface area contributed by atoms with Crippen LogP contribution in [-0.2, 0) is 9.53 Å². The van der Waals surface area contributed by atoms with Gasteiger partial charge in [0.05, 0.1) is 13.2 Å². The van der Waals surface area contributed by atoms with Gasteiger partial charge in [-0.25, -0.2) is 4.79 Å². The fourth-order valence-corrected chi connectivity index (χ4v) is 2.86. The van der Waals surface area contributed by atoms with E-state index in [4.69, 9.17) is 9.47 Å². The van der Waals surface area contributed by atoms with Gasteiger partial charge >= 0.3 is 5.97 Å². The molecule has 1 amide bonds. The van der Waals surface area contributed by atoms with Crippen LogP contribution < -0.4 is 10.1 Å². The number of carbonyl (C=O) groups excluding carboxylic acids is 2. The van der Waals surface area contributed by atoms with Crippen LogP contribution in [0.3, 0.4) is 0 Å². The third-order valence-electron chi connectivity index (χ3n) is 4.15. The Morgan fingerprint density at radius 1 is 1.07 bits per heavy atom. The summed E-state index contributed by atoms with van der Waals surface area (Å²) in [6.07, 6.45) is 0.801. The summed E-state index contributed by atoms with van der Waals surface area (Å²) in [7, 11) is 1.49. The number of amides is 1. The van der Waals surface area contributed by atoms with Crippen molar-refractivity contribution in [3.8, 4) is 5.75 Å². The van der Waals surface area contributed by atoms with Gasteiger partial charge in [-0.3, -0.25) is 4.79 Å². The van der Waals surface area contributed by atoms with E-state index in [0.717, 1.165) is 17.5 Å². The number of hydrogen-bond donors (Lipinski definition) is 1. The van der Waals surface area contributed by atoms with Gasteiger partial charge in [0.1, 0.15) is 11.3 Å². The number of benzene rings is 2. The lowest BCUT2D eigenvalue weighted by atomic mass is 9.97. The molecule has 0 spiro atoms. The zero-order valence-corrected chi connectivity index (χ0v) is 16.3. The zero-order valence-electron chi connectivity index (χ0n) is 16.3. The largest absolute Gasteiger partial charge is 0.496 e. The van der Waals surface area contributed by atoms with E-state index in [1.54, 1.807) is 12.1 Å². The van der Waals surface area contributed by atoms with Crippen molar-refractivity contribution in [2.24, 2.45) is 5.92 Å². The number of aryl methyl sites for hydroxylation is 1. The molecule has 0 aliphatic heterocycles. The topological polar surface area (TPSA) is 64.6 Å². The number of methoxy groups -OCH3 is 1. The van der Waals surface area contributed by atoms with Gasteiger partial charge in [0, 0.05) is 0 Å². The van der Waals surface area contributed by atoms with Crippen molar-refractivity contribution in [1.29, 1.82) is 0 Å². The Morgan fingerprint density at radius 3 is 2.41 bits per heavy atom. The van der Waals surface area contributed by atoms with Crippen LogP contribution in [0.1, 0.15) is 47.8 Å². The Balaban J connectivity index is 1.99. The minimum Gasteiger partial charge on any atom is -0.496 e. The molecular weight excluding hydrogens is 342 g/mol. The van der Waals surface area contributed by atoms with Crippen LogP contribution in [0, 0.1) is 12.8 Å². The Bertz CT molecular complexity index is 771. The average molecular weight is 369 g/mol. The molecule has 5 nitrogen and oxygen atoms in total. The van der Waals surface area contributed by atoms with Gasteiger partial charge in [-0.1, -0.05) is 55.8 Å². The lowest BCUT2D eigenvalue weighted by molar-refractivity contribution is -0.125. The monoisotopic (exact) mass is 369 g/mol. The molecule has 0 aliphatic carbocycles. The highest BCUT2D eigenvalue weighted by molar-refractivity contribution is 5.94. The third kappa shape index (κ3) is 6.13. The molecule has 0 aromatic heterocycles. The first-order valence-electron chi connectivity index (χ1n) is 9.06. The van der Waals surface area contributed by atoms with Crippen molar-refractivity contribution >= 4 is 11.9 Å². The van der Waals surface area contributed by atoms with Crippen LogP contribution in [0.4, 0.5) is 0 Å². The highest BCUT2D eigenvalue weighted by Crippen LogP contribution is 2.22. The van der Waals surface area contributed by atoms with E-state index in [9.17, 15) is 9.59 Å². The molecule has 2 aromatic carbocycles. The van der Waals surface area contributed by atoms with Gasteiger partial charge in [0.15, 0.2) is 6.61 Å². The zero-order chi connectivity index (χ0) is 19.8. The minimum absolute atomic E-state index is 0.120. The maximum Gasteiger partial charge on any atom is 0.342 e. The van der Waals surface area contributed by atoms with E-state index >= 15 is 0 Å². The Labute approximate surface area is 160 Å². The van der Waals surface area contributed by atoms with E-state index in [2.05, 4.69) is 19.2 Å². The highest BCUT2D eigenvalue weighted by Gasteiger charge is 2.19. The number of carbonyl (C=O) groups is 2. The Kier molecular flexibility index (Phi) is 7.41. The highest BCUT2D eigenvalue weighted by atomic mass is 16.5. The molecule has 0 saturated carbocycles. The van der Waals surface area contributed by atoms with Crippen molar-refractivity contribution in [3.05, 3.63) is 65.2 Å². The lowest BCUT2D eigenvalue weighted by Gasteiger charge is -2.21. The van der Waals surface area contributed by atoms with Crippen LogP contribution in [0.15, 0.2) is 48.5 Å². The summed E-state index contributed by atoms with van der Waals surface area (Å²) in [5, 5.41) is 2.96. The van der Waals surface area contributed by atoms with Gasteiger partial charge in [0.25, 0.3) is 5.91 Å². The van der Waals surface area contributed by atoms with Gasteiger partial charge in [-0.15, -0.1) is 0 Å². The van der Waals surface area contributed by atoms with Gasteiger partial charge < -0.3 is 14.8 Å². The minimum atomic E-state index is -0.578. The summed E-state index contributed by atoms with van der Waals surface area (Å²) in [5.74, 6) is -0.0714. The van der Waals surface area contributed by atoms with E-state index in [1.165, 1.54) is 7.11 Å². The summed E-state index contributed by atoms with van der Waals surface area (Å²) < 4.78 is 10.4. The number of nitrogens with one attached hydrogen (secondary N) is 1. The number of ether oxygens (including phenoxy) is 2. The lowest BCUT2D eigenvalue weighted by Crippen LogP contribution is -2.33. The molecule has 2 rings (SSSR count). The quantitative estimate of drug-likeness (QED) is 0.713. The standard InChI is InChI=1S/C22H27NO4/c1-15(2)12-19(17-8-6-5-7-9-17)23-21(24)14-27-22(25)18-13-16(3)10-11-20(18)26-4/h5-11,13,15,19H,12,14H2,1-4H3,(H,23,24)/t19-/m0/s1. The van der Waals surface area contributed by atoms with Crippen molar-refractivity contribution in [1.82, 2.24) is 5.32 Å². The molecule has 0 heterocycles. The second-order valence-electron chi connectivity index (χ2n) is 6.94.